The van der Waals surface area contributed by atoms with Crippen molar-refractivity contribution >= 4 is 0 Å². The second-order valence-corrected chi connectivity index (χ2v) is 4.85. The summed E-state index contributed by atoms with van der Waals surface area (Å²) < 4.78 is 5.70. The van der Waals surface area contributed by atoms with E-state index in [0.29, 0.717) is 29.9 Å². The van der Waals surface area contributed by atoms with Crippen molar-refractivity contribution in [1.29, 1.82) is 5.26 Å². The van der Waals surface area contributed by atoms with Crippen LogP contribution in [0.2, 0.25) is 0 Å². The zero-order chi connectivity index (χ0) is 12.8. The zero-order valence-corrected chi connectivity index (χ0v) is 10.5. The number of nitrogens with zero attached hydrogens (tertiary/aromatic N) is 2. The Bertz CT molecular complexity index is 410. The molecule has 2 atom stereocenters. The van der Waals surface area contributed by atoms with Crippen molar-refractivity contribution in [2.75, 3.05) is 13.2 Å². The van der Waals surface area contributed by atoms with Gasteiger partial charge in [0.05, 0.1) is 12.2 Å². The van der Waals surface area contributed by atoms with Crippen molar-refractivity contribution in [3.05, 3.63) is 23.9 Å². The Morgan fingerprint density at radius 1 is 1.33 bits per heavy atom. The van der Waals surface area contributed by atoms with Crippen LogP contribution in [0.3, 0.4) is 0 Å². The molecule has 1 aliphatic rings. The minimum Gasteiger partial charge on any atom is -0.477 e. The van der Waals surface area contributed by atoms with Gasteiger partial charge in [0.15, 0.2) is 0 Å². The molecule has 0 spiro atoms. The number of nitrogens with two attached hydrogens (primary N) is 1. The highest BCUT2D eigenvalue weighted by atomic mass is 16.5. The average Bonchev–Trinajstić information content (AvgIpc) is 2.46. The Hall–Kier alpha value is -1.60. The van der Waals surface area contributed by atoms with Gasteiger partial charge in [-0.25, -0.2) is 4.98 Å². The first-order valence-electron chi connectivity index (χ1n) is 6.52. The van der Waals surface area contributed by atoms with Crippen LogP contribution in [0, 0.1) is 23.2 Å². The van der Waals surface area contributed by atoms with E-state index in [1.165, 1.54) is 31.9 Å². The van der Waals surface area contributed by atoms with Gasteiger partial charge in [0, 0.05) is 12.3 Å². The predicted molar refractivity (Wildman–Crippen MR) is 68.9 cm³/mol. The fourth-order valence-corrected chi connectivity index (χ4v) is 2.54. The van der Waals surface area contributed by atoms with Crippen molar-refractivity contribution < 1.29 is 4.74 Å². The van der Waals surface area contributed by atoms with E-state index in [9.17, 15) is 0 Å². The first-order valence-corrected chi connectivity index (χ1v) is 6.52. The lowest BCUT2D eigenvalue weighted by Crippen LogP contribution is -2.30. The van der Waals surface area contributed by atoms with Gasteiger partial charge in [-0.3, -0.25) is 0 Å². The molecular weight excluding hydrogens is 226 g/mol. The normalized spacial score (nSPS) is 23.3. The second kappa shape index (κ2) is 6.36. The van der Waals surface area contributed by atoms with Crippen LogP contribution >= 0.6 is 0 Å². The molecule has 0 radical (unpaired) electrons. The number of hydrogen-bond donors (Lipinski definition) is 1. The van der Waals surface area contributed by atoms with Gasteiger partial charge >= 0.3 is 0 Å². The van der Waals surface area contributed by atoms with Crippen molar-refractivity contribution in [3.8, 4) is 11.9 Å². The SMILES string of the molecule is N#Cc1ccc(OCC2CCCCC2CN)nc1. The van der Waals surface area contributed by atoms with E-state index in [4.69, 9.17) is 15.7 Å². The highest BCUT2D eigenvalue weighted by Gasteiger charge is 2.24. The smallest absolute Gasteiger partial charge is 0.213 e. The van der Waals surface area contributed by atoms with Crippen molar-refractivity contribution in [1.82, 2.24) is 4.98 Å². The molecule has 1 aromatic rings. The van der Waals surface area contributed by atoms with Crippen LogP contribution in [0.1, 0.15) is 31.2 Å². The van der Waals surface area contributed by atoms with E-state index in [1.54, 1.807) is 12.1 Å². The largest absolute Gasteiger partial charge is 0.477 e. The molecule has 1 heterocycles. The summed E-state index contributed by atoms with van der Waals surface area (Å²) in [4.78, 5) is 4.11. The van der Waals surface area contributed by atoms with Crippen LogP contribution in [-0.2, 0) is 0 Å². The first-order chi connectivity index (χ1) is 8.83. The highest BCUT2D eigenvalue weighted by Crippen LogP contribution is 2.29. The molecule has 1 aromatic heterocycles. The lowest BCUT2D eigenvalue weighted by molar-refractivity contribution is 0.149. The lowest BCUT2D eigenvalue weighted by atomic mass is 9.80. The zero-order valence-electron chi connectivity index (χ0n) is 10.5. The summed E-state index contributed by atoms with van der Waals surface area (Å²) in [7, 11) is 0. The maximum atomic E-state index is 8.68. The molecule has 0 amide bonds. The number of nitriles is 1. The second-order valence-electron chi connectivity index (χ2n) is 4.85. The minimum atomic E-state index is 0.543. The van der Waals surface area contributed by atoms with E-state index in [2.05, 4.69) is 4.98 Å². The van der Waals surface area contributed by atoms with Gasteiger partial charge in [-0.05, 0) is 37.3 Å². The van der Waals surface area contributed by atoms with Gasteiger partial charge in [-0.1, -0.05) is 12.8 Å². The van der Waals surface area contributed by atoms with Gasteiger partial charge in [0.25, 0.3) is 0 Å². The molecule has 2 unspecified atom stereocenters. The molecule has 1 aliphatic carbocycles. The number of ether oxygens (including phenoxy) is 1. The van der Waals surface area contributed by atoms with Gasteiger partial charge in [0.2, 0.25) is 5.88 Å². The molecule has 96 valence electrons. The van der Waals surface area contributed by atoms with Crippen LogP contribution in [0.15, 0.2) is 18.3 Å². The molecule has 18 heavy (non-hydrogen) atoms. The average molecular weight is 245 g/mol. The van der Waals surface area contributed by atoms with Crippen molar-refractivity contribution in [2.45, 2.75) is 25.7 Å². The topological polar surface area (TPSA) is 71.9 Å². The maximum Gasteiger partial charge on any atom is 0.213 e. The maximum absolute atomic E-state index is 8.68. The van der Waals surface area contributed by atoms with Crippen LogP contribution in [0.4, 0.5) is 0 Å². The fourth-order valence-electron chi connectivity index (χ4n) is 2.54. The van der Waals surface area contributed by atoms with E-state index in [-0.39, 0.29) is 0 Å². The Balaban J connectivity index is 1.87. The Kier molecular flexibility index (Phi) is 4.54. The lowest BCUT2D eigenvalue weighted by Gasteiger charge is -2.30. The van der Waals surface area contributed by atoms with Crippen molar-refractivity contribution in [2.24, 2.45) is 17.6 Å². The summed E-state index contributed by atoms with van der Waals surface area (Å²) in [5, 5.41) is 8.68. The quantitative estimate of drug-likeness (QED) is 0.881. The summed E-state index contributed by atoms with van der Waals surface area (Å²) >= 11 is 0. The molecule has 4 nitrogen and oxygen atoms in total. The fraction of sp³-hybridized carbons (Fsp3) is 0.571. The third-order valence-electron chi connectivity index (χ3n) is 3.68. The minimum absolute atomic E-state index is 0.543. The first kappa shape index (κ1) is 12.8. The summed E-state index contributed by atoms with van der Waals surface area (Å²) in [5.74, 6) is 1.72. The summed E-state index contributed by atoms with van der Waals surface area (Å²) in [5.41, 5.74) is 6.35. The third-order valence-corrected chi connectivity index (χ3v) is 3.68. The van der Waals surface area contributed by atoms with Gasteiger partial charge in [-0.15, -0.1) is 0 Å². The molecule has 0 bridgehead atoms. The van der Waals surface area contributed by atoms with Crippen LogP contribution in [0.25, 0.3) is 0 Å². The molecule has 2 rings (SSSR count). The Morgan fingerprint density at radius 2 is 2.11 bits per heavy atom. The van der Waals surface area contributed by atoms with Gasteiger partial charge in [0.1, 0.15) is 6.07 Å². The molecule has 2 N–H and O–H groups in total. The molecule has 1 saturated carbocycles. The predicted octanol–water partition coefficient (Wildman–Crippen LogP) is 2.10. The van der Waals surface area contributed by atoms with Gasteiger partial charge in [-0.2, -0.15) is 5.26 Å². The number of pyridine rings is 1. The summed E-state index contributed by atoms with van der Waals surface area (Å²) in [6.07, 6.45) is 6.50. The molecule has 0 saturated heterocycles. The van der Waals surface area contributed by atoms with E-state index in [1.807, 2.05) is 6.07 Å². The Labute approximate surface area is 108 Å². The van der Waals surface area contributed by atoms with Crippen molar-refractivity contribution in [3.63, 3.8) is 0 Å². The highest BCUT2D eigenvalue weighted by molar-refractivity contribution is 5.28. The molecule has 4 heteroatoms. The standard InChI is InChI=1S/C14H19N3O/c15-7-11-5-6-14(17-9-11)18-10-13-4-2-1-3-12(13)8-16/h5-6,9,12-13H,1-4,8,10,16H2. The monoisotopic (exact) mass is 245 g/mol. The molecular formula is C14H19N3O. The molecule has 0 aromatic carbocycles. The molecule has 0 aliphatic heterocycles. The number of aromatic nitrogens is 1. The third kappa shape index (κ3) is 3.21. The molecule has 1 fully saturated rings. The van der Waals surface area contributed by atoms with Crippen LogP contribution < -0.4 is 10.5 Å². The number of rotatable bonds is 4. The van der Waals surface area contributed by atoms with E-state index >= 15 is 0 Å². The number of hydrogen-bond acceptors (Lipinski definition) is 4. The van der Waals surface area contributed by atoms with Gasteiger partial charge < -0.3 is 10.5 Å². The van der Waals surface area contributed by atoms with Crippen LogP contribution in [0.5, 0.6) is 5.88 Å². The van der Waals surface area contributed by atoms with E-state index < -0.39 is 0 Å². The summed E-state index contributed by atoms with van der Waals surface area (Å²) in [6, 6.07) is 5.52. The van der Waals surface area contributed by atoms with E-state index in [0.717, 1.165) is 6.54 Å². The van der Waals surface area contributed by atoms with Crippen LogP contribution in [-0.4, -0.2) is 18.1 Å². The Morgan fingerprint density at radius 3 is 2.72 bits per heavy atom. The summed E-state index contributed by atoms with van der Waals surface area (Å²) in [6.45, 7) is 1.43.